The van der Waals surface area contributed by atoms with Gasteiger partial charge in [0.25, 0.3) is 0 Å². The van der Waals surface area contributed by atoms with Crippen LogP contribution in [-0.4, -0.2) is 10.1 Å². The molecule has 6 heteroatoms. The fraction of sp³-hybridized carbons (Fsp3) is 0.385. The van der Waals surface area contributed by atoms with E-state index in [9.17, 15) is 4.39 Å². The van der Waals surface area contributed by atoms with E-state index in [0.29, 0.717) is 30.1 Å². The van der Waals surface area contributed by atoms with Crippen molar-refractivity contribution in [1.82, 2.24) is 10.1 Å². The fourth-order valence-electron chi connectivity index (χ4n) is 1.73. The molecule has 2 aromatic rings. The summed E-state index contributed by atoms with van der Waals surface area (Å²) in [6, 6.07) is 4.27. The molecular weight excluding hydrogens is 269 g/mol. The summed E-state index contributed by atoms with van der Waals surface area (Å²) < 4.78 is 18.3. The molecule has 0 bridgehead atoms. The Morgan fingerprint density at radius 1 is 1.37 bits per heavy atom. The molecule has 0 saturated heterocycles. The Labute approximate surface area is 115 Å². The highest BCUT2D eigenvalue weighted by Gasteiger charge is 2.30. The first-order valence-corrected chi connectivity index (χ1v) is 6.46. The van der Waals surface area contributed by atoms with Gasteiger partial charge < -0.3 is 10.3 Å². The lowest BCUT2D eigenvalue weighted by atomic mass is 9.94. The molecule has 1 aromatic carbocycles. The van der Waals surface area contributed by atoms with Crippen molar-refractivity contribution in [3.63, 3.8) is 0 Å². The molecule has 0 aliphatic heterocycles. The molecule has 0 saturated carbocycles. The maximum atomic E-state index is 13.1. The molecule has 0 amide bonds. The van der Waals surface area contributed by atoms with Crippen LogP contribution < -0.4 is 5.73 Å². The molecule has 102 valence electrons. The minimum Gasteiger partial charge on any atom is -0.337 e. The topological polar surface area (TPSA) is 64.9 Å². The smallest absolute Gasteiger partial charge is 0.247 e. The van der Waals surface area contributed by atoms with Crippen LogP contribution in [0.3, 0.4) is 0 Å². The third-order valence-corrected chi connectivity index (χ3v) is 3.58. The zero-order valence-electron chi connectivity index (χ0n) is 10.8. The molecule has 0 unspecified atom stereocenters. The van der Waals surface area contributed by atoms with Crippen LogP contribution in [0.5, 0.6) is 0 Å². The predicted molar refractivity (Wildman–Crippen MR) is 71.1 cm³/mol. The van der Waals surface area contributed by atoms with Gasteiger partial charge in [-0.25, -0.2) is 4.39 Å². The second kappa shape index (κ2) is 5.27. The summed E-state index contributed by atoms with van der Waals surface area (Å²) in [5.74, 6) is 0.256. The lowest BCUT2D eigenvalue weighted by Gasteiger charge is -2.20. The molecule has 2 N–H and O–H groups in total. The first kappa shape index (κ1) is 14.0. The number of hydrogen-bond donors (Lipinski definition) is 1. The number of aromatic nitrogens is 2. The van der Waals surface area contributed by atoms with E-state index in [4.69, 9.17) is 21.9 Å². The van der Waals surface area contributed by atoms with E-state index in [1.165, 1.54) is 12.1 Å². The second-order valence-corrected chi connectivity index (χ2v) is 4.82. The summed E-state index contributed by atoms with van der Waals surface area (Å²) in [6.07, 6.45) is 1.38. The van der Waals surface area contributed by atoms with Crippen LogP contribution in [0.1, 0.15) is 32.6 Å². The largest absolute Gasteiger partial charge is 0.337 e. The van der Waals surface area contributed by atoms with Crippen LogP contribution in [0.2, 0.25) is 5.02 Å². The van der Waals surface area contributed by atoms with Crippen LogP contribution in [0.4, 0.5) is 4.39 Å². The number of benzene rings is 1. The van der Waals surface area contributed by atoms with E-state index in [1.54, 1.807) is 6.07 Å². The summed E-state index contributed by atoms with van der Waals surface area (Å²) in [6.45, 7) is 3.92. The van der Waals surface area contributed by atoms with Crippen LogP contribution >= 0.6 is 11.6 Å². The molecule has 0 aliphatic carbocycles. The van der Waals surface area contributed by atoms with Crippen LogP contribution in [0.15, 0.2) is 22.7 Å². The van der Waals surface area contributed by atoms with E-state index in [-0.39, 0.29) is 5.02 Å². The zero-order chi connectivity index (χ0) is 14.0. The number of nitrogens with zero attached hydrogens (tertiary/aromatic N) is 2. The minimum atomic E-state index is -0.630. The highest BCUT2D eigenvalue weighted by atomic mass is 35.5. The van der Waals surface area contributed by atoms with Crippen molar-refractivity contribution in [1.29, 1.82) is 0 Å². The number of rotatable bonds is 4. The van der Waals surface area contributed by atoms with Gasteiger partial charge in [-0.15, -0.1) is 0 Å². The van der Waals surface area contributed by atoms with Gasteiger partial charge >= 0.3 is 0 Å². The Hall–Kier alpha value is -1.46. The lowest BCUT2D eigenvalue weighted by molar-refractivity contribution is 0.268. The summed E-state index contributed by atoms with van der Waals surface area (Å²) in [5, 5.41) is 3.89. The van der Waals surface area contributed by atoms with Gasteiger partial charge in [-0.1, -0.05) is 30.6 Å². The predicted octanol–water partition coefficient (Wildman–Crippen LogP) is 3.50. The standard InChI is InChI=1S/C13H15ClFN3O/c1-3-13(16,4-2)12-17-11(18-19-12)8-5-6-10(15)9(14)7-8/h5-7H,3-4,16H2,1-2H3. The van der Waals surface area contributed by atoms with Gasteiger partial charge in [0.15, 0.2) is 0 Å². The van der Waals surface area contributed by atoms with E-state index in [2.05, 4.69) is 10.1 Å². The maximum absolute atomic E-state index is 13.1. The van der Waals surface area contributed by atoms with Gasteiger partial charge in [0.1, 0.15) is 5.82 Å². The molecule has 1 aromatic heterocycles. The lowest BCUT2D eigenvalue weighted by Crippen LogP contribution is -2.35. The van der Waals surface area contributed by atoms with Gasteiger partial charge in [0, 0.05) is 5.56 Å². The average Bonchev–Trinajstić information content (AvgIpc) is 2.91. The number of halogens is 2. The van der Waals surface area contributed by atoms with Crippen molar-refractivity contribution in [3.8, 4) is 11.4 Å². The Morgan fingerprint density at radius 3 is 2.63 bits per heavy atom. The molecule has 4 nitrogen and oxygen atoms in total. The number of hydrogen-bond acceptors (Lipinski definition) is 4. The molecule has 0 spiro atoms. The van der Waals surface area contributed by atoms with Gasteiger partial charge in [-0.05, 0) is 31.0 Å². The van der Waals surface area contributed by atoms with Crippen molar-refractivity contribution in [3.05, 3.63) is 34.9 Å². The minimum absolute atomic E-state index is 0.0221. The molecule has 19 heavy (non-hydrogen) atoms. The van der Waals surface area contributed by atoms with E-state index < -0.39 is 11.4 Å². The Balaban J connectivity index is 2.38. The second-order valence-electron chi connectivity index (χ2n) is 4.42. The molecule has 0 radical (unpaired) electrons. The molecule has 0 atom stereocenters. The summed E-state index contributed by atoms with van der Waals surface area (Å²) in [4.78, 5) is 4.28. The number of nitrogens with two attached hydrogens (primary N) is 1. The van der Waals surface area contributed by atoms with Crippen LogP contribution in [0.25, 0.3) is 11.4 Å². The first-order chi connectivity index (χ1) is 9.00. The maximum Gasteiger partial charge on any atom is 0.247 e. The van der Waals surface area contributed by atoms with Crippen molar-refractivity contribution < 1.29 is 8.91 Å². The summed E-state index contributed by atoms with van der Waals surface area (Å²) in [7, 11) is 0. The van der Waals surface area contributed by atoms with E-state index in [0.717, 1.165) is 0 Å². The Kier molecular flexibility index (Phi) is 3.87. The van der Waals surface area contributed by atoms with Crippen molar-refractivity contribution in [2.24, 2.45) is 5.73 Å². The summed E-state index contributed by atoms with van der Waals surface area (Å²) >= 11 is 5.73. The van der Waals surface area contributed by atoms with Gasteiger partial charge in [0.2, 0.25) is 11.7 Å². The van der Waals surface area contributed by atoms with Gasteiger partial charge in [0.05, 0.1) is 10.6 Å². The SMILES string of the molecule is CCC(N)(CC)c1nc(-c2ccc(F)c(Cl)c2)no1. The normalized spacial score (nSPS) is 11.8. The third-order valence-electron chi connectivity index (χ3n) is 3.29. The molecule has 1 heterocycles. The quantitative estimate of drug-likeness (QED) is 0.932. The van der Waals surface area contributed by atoms with E-state index >= 15 is 0 Å². The zero-order valence-corrected chi connectivity index (χ0v) is 11.5. The van der Waals surface area contributed by atoms with Gasteiger partial charge in [-0.2, -0.15) is 4.98 Å². The van der Waals surface area contributed by atoms with Gasteiger partial charge in [-0.3, -0.25) is 0 Å². The average molecular weight is 284 g/mol. The van der Waals surface area contributed by atoms with Crippen molar-refractivity contribution >= 4 is 11.6 Å². The molecule has 0 aliphatic rings. The third kappa shape index (κ3) is 2.62. The van der Waals surface area contributed by atoms with Crippen molar-refractivity contribution in [2.75, 3.05) is 0 Å². The molecule has 2 rings (SSSR count). The first-order valence-electron chi connectivity index (χ1n) is 6.08. The van der Waals surface area contributed by atoms with Crippen molar-refractivity contribution in [2.45, 2.75) is 32.2 Å². The monoisotopic (exact) mass is 283 g/mol. The Bertz CT molecular complexity index is 581. The fourth-order valence-corrected chi connectivity index (χ4v) is 1.91. The van der Waals surface area contributed by atoms with E-state index in [1.807, 2.05) is 13.8 Å². The van der Waals surface area contributed by atoms with Crippen LogP contribution in [-0.2, 0) is 5.54 Å². The van der Waals surface area contributed by atoms with Crippen LogP contribution in [0, 0.1) is 5.82 Å². The molecular formula is C13H15ClFN3O. The Morgan fingerprint density at radius 2 is 2.05 bits per heavy atom. The highest BCUT2D eigenvalue weighted by Crippen LogP contribution is 2.28. The molecule has 0 fully saturated rings. The summed E-state index contributed by atoms with van der Waals surface area (Å²) in [5.41, 5.74) is 6.14. The highest BCUT2D eigenvalue weighted by molar-refractivity contribution is 6.31.